The van der Waals surface area contributed by atoms with E-state index in [9.17, 15) is 19.2 Å². The number of thioether (sulfide) groups is 1. The molecular weight excluding hydrogens is 512 g/mol. The predicted octanol–water partition coefficient (Wildman–Crippen LogP) is 4.04. The van der Waals surface area contributed by atoms with E-state index in [1.807, 2.05) is 30.3 Å². The monoisotopic (exact) mass is 530 g/mol. The number of anilines is 1. The first-order valence-corrected chi connectivity index (χ1v) is 12.1. The molecule has 0 bridgehead atoms. The van der Waals surface area contributed by atoms with E-state index in [4.69, 9.17) is 33.7 Å². The van der Waals surface area contributed by atoms with Gasteiger partial charge in [-0.15, -0.1) is 0 Å². The number of carbonyl (C=O) groups excluding carboxylic acids is 3. The molecule has 1 atom stereocenters. The van der Waals surface area contributed by atoms with Gasteiger partial charge in [0.2, 0.25) is 0 Å². The van der Waals surface area contributed by atoms with E-state index in [1.165, 1.54) is 4.90 Å². The molecule has 1 N–H and O–H groups in total. The zero-order valence-electron chi connectivity index (χ0n) is 18.4. The van der Waals surface area contributed by atoms with Crippen molar-refractivity contribution in [1.82, 2.24) is 4.90 Å². The number of carbonyl (C=O) groups is 4. The van der Waals surface area contributed by atoms with Gasteiger partial charge in [0.05, 0.1) is 22.6 Å². The SMILES string of the molecule is C[C@@H](OC(=O)CN1C(=O)/C(=C2\SC(=S)N(CCC(=O)O)C2=O)c2cc(Cl)ccc21)c1ccccc1. The molecule has 35 heavy (non-hydrogen) atoms. The summed E-state index contributed by atoms with van der Waals surface area (Å²) in [6.07, 6.45) is -0.806. The molecule has 0 aromatic heterocycles. The summed E-state index contributed by atoms with van der Waals surface area (Å²) >= 11 is 12.3. The van der Waals surface area contributed by atoms with Crippen molar-refractivity contribution < 1.29 is 29.0 Å². The topological polar surface area (TPSA) is 104 Å². The minimum Gasteiger partial charge on any atom is -0.481 e. The minimum absolute atomic E-state index is 0.0709. The molecule has 180 valence electrons. The Morgan fingerprint density at radius 1 is 1.11 bits per heavy atom. The average molecular weight is 531 g/mol. The number of ether oxygens (including phenoxy) is 1. The molecule has 0 spiro atoms. The fourth-order valence-electron chi connectivity index (χ4n) is 3.79. The summed E-state index contributed by atoms with van der Waals surface area (Å²) in [4.78, 5) is 52.7. The van der Waals surface area contributed by atoms with Crippen LogP contribution in [0.4, 0.5) is 5.69 Å². The molecular formula is C24H19ClN2O6S2. The molecule has 2 aliphatic rings. The van der Waals surface area contributed by atoms with Crippen LogP contribution in [0.15, 0.2) is 53.4 Å². The van der Waals surface area contributed by atoms with Gasteiger partial charge in [0.25, 0.3) is 11.8 Å². The Balaban J connectivity index is 1.62. The van der Waals surface area contributed by atoms with Crippen molar-refractivity contribution in [2.45, 2.75) is 19.4 Å². The summed E-state index contributed by atoms with van der Waals surface area (Å²) in [5, 5.41) is 9.31. The van der Waals surface area contributed by atoms with E-state index in [2.05, 4.69) is 0 Å². The molecule has 4 rings (SSSR count). The first kappa shape index (κ1) is 24.9. The third-order valence-corrected chi connectivity index (χ3v) is 7.15. The number of carboxylic acid groups (broad SMARTS) is 1. The van der Waals surface area contributed by atoms with E-state index < -0.39 is 29.9 Å². The molecule has 2 aliphatic heterocycles. The number of thiocarbonyl (C=S) groups is 1. The first-order chi connectivity index (χ1) is 16.7. The maximum Gasteiger partial charge on any atom is 0.326 e. The summed E-state index contributed by atoms with van der Waals surface area (Å²) in [7, 11) is 0. The van der Waals surface area contributed by atoms with Crippen LogP contribution in [0.2, 0.25) is 5.02 Å². The van der Waals surface area contributed by atoms with Crippen LogP contribution in [0, 0.1) is 0 Å². The molecule has 2 heterocycles. The van der Waals surface area contributed by atoms with Crippen molar-refractivity contribution >= 4 is 74.9 Å². The molecule has 0 radical (unpaired) electrons. The smallest absolute Gasteiger partial charge is 0.326 e. The highest BCUT2D eigenvalue weighted by Crippen LogP contribution is 2.45. The lowest BCUT2D eigenvalue weighted by Crippen LogP contribution is -2.34. The second-order valence-corrected chi connectivity index (χ2v) is 9.85. The number of nitrogens with zero attached hydrogens (tertiary/aromatic N) is 2. The summed E-state index contributed by atoms with van der Waals surface area (Å²) in [6.45, 7) is 1.26. The van der Waals surface area contributed by atoms with Crippen molar-refractivity contribution in [3.05, 3.63) is 69.6 Å². The number of fused-ring (bicyclic) bond motifs is 1. The Morgan fingerprint density at radius 2 is 1.83 bits per heavy atom. The van der Waals surface area contributed by atoms with Crippen LogP contribution < -0.4 is 4.90 Å². The number of benzene rings is 2. The Morgan fingerprint density at radius 3 is 2.51 bits per heavy atom. The highest BCUT2D eigenvalue weighted by molar-refractivity contribution is 8.26. The van der Waals surface area contributed by atoms with Gasteiger partial charge in [-0.2, -0.15) is 0 Å². The van der Waals surface area contributed by atoms with Crippen molar-refractivity contribution in [1.29, 1.82) is 0 Å². The number of esters is 1. The number of hydrogen-bond donors (Lipinski definition) is 1. The van der Waals surface area contributed by atoms with E-state index in [0.29, 0.717) is 16.3 Å². The van der Waals surface area contributed by atoms with Gasteiger partial charge in [-0.3, -0.25) is 29.0 Å². The van der Waals surface area contributed by atoms with Crippen LogP contribution in [0.3, 0.4) is 0 Å². The lowest BCUT2D eigenvalue weighted by Gasteiger charge is -2.19. The summed E-state index contributed by atoms with van der Waals surface area (Å²) in [5.74, 6) is -2.82. The Labute approximate surface area is 215 Å². The van der Waals surface area contributed by atoms with Crippen LogP contribution in [-0.2, 0) is 23.9 Å². The molecule has 11 heteroatoms. The minimum atomic E-state index is -1.07. The number of hydrogen-bond acceptors (Lipinski definition) is 7. The normalized spacial score (nSPS) is 18.2. The van der Waals surface area contributed by atoms with Gasteiger partial charge in [0.15, 0.2) is 0 Å². The predicted molar refractivity (Wildman–Crippen MR) is 136 cm³/mol. The lowest BCUT2D eigenvalue weighted by molar-refractivity contribution is -0.147. The molecule has 1 saturated heterocycles. The molecule has 1 fully saturated rings. The van der Waals surface area contributed by atoms with Gasteiger partial charge in [-0.25, -0.2) is 0 Å². The fourth-order valence-corrected chi connectivity index (χ4v) is 5.34. The third-order valence-electron chi connectivity index (χ3n) is 5.47. The number of amides is 2. The van der Waals surface area contributed by atoms with Crippen molar-refractivity contribution in [3.8, 4) is 0 Å². The van der Waals surface area contributed by atoms with E-state index in [-0.39, 0.29) is 34.3 Å². The standard InChI is InChI=1S/C24H19ClN2O6S2/c1-13(14-5-3-2-4-6-14)33-19(30)12-27-17-8-7-15(25)11-16(17)20(22(27)31)21-23(32)26(24(34)35-21)10-9-18(28)29/h2-8,11,13H,9-10,12H2,1H3,(H,28,29)/b21-20-/t13-/m1/s1. The van der Waals surface area contributed by atoms with Crippen molar-refractivity contribution in [2.75, 3.05) is 18.0 Å². The number of carboxylic acids is 1. The highest BCUT2D eigenvalue weighted by Gasteiger charge is 2.42. The van der Waals surface area contributed by atoms with Gasteiger partial charge in [0.1, 0.15) is 17.0 Å². The lowest BCUT2D eigenvalue weighted by atomic mass is 10.1. The maximum absolute atomic E-state index is 13.5. The van der Waals surface area contributed by atoms with E-state index >= 15 is 0 Å². The quantitative estimate of drug-likeness (QED) is 0.325. The van der Waals surface area contributed by atoms with Crippen LogP contribution in [0.25, 0.3) is 5.57 Å². The number of aliphatic carboxylic acids is 1. The Kier molecular flexibility index (Phi) is 7.25. The van der Waals surface area contributed by atoms with Crippen LogP contribution in [0.1, 0.15) is 30.6 Å². The van der Waals surface area contributed by atoms with Gasteiger partial charge in [-0.05, 0) is 30.7 Å². The highest BCUT2D eigenvalue weighted by atomic mass is 35.5. The molecule has 0 saturated carbocycles. The summed E-state index contributed by atoms with van der Waals surface area (Å²) in [5.41, 5.74) is 1.69. The van der Waals surface area contributed by atoms with Crippen LogP contribution in [0.5, 0.6) is 0 Å². The molecule has 0 aliphatic carbocycles. The average Bonchev–Trinajstić information content (AvgIpc) is 3.24. The van der Waals surface area contributed by atoms with Gasteiger partial charge >= 0.3 is 11.9 Å². The second-order valence-electron chi connectivity index (χ2n) is 7.77. The van der Waals surface area contributed by atoms with E-state index in [0.717, 1.165) is 22.2 Å². The van der Waals surface area contributed by atoms with Crippen LogP contribution in [-0.4, -0.2) is 51.2 Å². The van der Waals surface area contributed by atoms with Gasteiger partial charge < -0.3 is 9.84 Å². The molecule has 8 nitrogen and oxygen atoms in total. The summed E-state index contributed by atoms with van der Waals surface area (Å²) < 4.78 is 5.68. The number of halogens is 1. The Hall–Kier alpha value is -3.21. The molecule has 2 aromatic rings. The first-order valence-electron chi connectivity index (χ1n) is 10.5. The second kappa shape index (κ2) is 10.2. The van der Waals surface area contributed by atoms with Crippen molar-refractivity contribution in [2.24, 2.45) is 0 Å². The maximum atomic E-state index is 13.5. The molecule has 2 aromatic carbocycles. The van der Waals surface area contributed by atoms with Crippen LogP contribution >= 0.6 is 35.6 Å². The number of rotatable bonds is 7. The van der Waals surface area contributed by atoms with Gasteiger partial charge in [0, 0.05) is 17.1 Å². The zero-order chi connectivity index (χ0) is 25.3. The van der Waals surface area contributed by atoms with Crippen molar-refractivity contribution in [3.63, 3.8) is 0 Å². The third kappa shape index (κ3) is 5.09. The molecule has 0 unspecified atom stereocenters. The largest absolute Gasteiger partial charge is 0.481 e. The summed E-state index contributed by atoms with van der Waals surface area (Å²) in [6, 6.07) is 13.9. The zero-order valence-corrected chi connectivity index (χ0v) is 20.8. The Bertz CT molecular complexity index is 1280. The fraction of sp³-hybridized carbons (Fsp3) is 0.208. The van der Waals surface area contributed by atoms with E-state index in [1.54, 1.807) is 25.1 Å². The van der Waals surface area contributed by atoms with Gasteiger partial charge in [-0.1, -0.05) is 65.9 Å². The molecule has 2 amide bonds.